The number of amides is 1. The fraction of sp³-hybridized carbons (Fsp3) is 0.632. The predicted octanol–water partition coefficient (Wildman–Crippen LogP) is 3.06. The Labute approximate surface area is 154 Å². The van der Waals surface area contributed by atoms with Crippen LogP contribution >= 0.6 is 0 Å². The molecule has 1 unspecified atom stereocenters. The van der Waals surface area contributed by atoms with Gasteiger partial charge in [0.15, 0.2) is 6.79 Å². The van der Waals surface area contributed by atoms with Crippen molar-refractivity contribution in [1.82, 2.24) is 5.32 Å². The number of alkyl carbamates (subject to hydrolysis) is 1. The van der Waals surface area contributed by atoms with Gasteiger partial charge in [-0.15, -0.1) is 0 Å². The van der Waals surface area contributed by atoms with Gasteiger partial charge in [0.2, 0.25) is 0 Å². The Hall–Kier alpha value is -1.86. The van der Waals surface area contributed by atoms with Crippen LogP contribution in [0.2, 0.25) is 0 Å². The molecule has 1 amide bonds. The highest BCUT2D eigenvalue weighted by atomic mass is 19.1. The zero-order chi connectivity index (χ0) is 19.2. The Morgan fingerprint density at radius 3 is 2.73 bits per heavy atom. The zero-order valence-electron chi connectivity index (χ0n) is 15.9. The molecule has 1 atom stereocenters. The van der Waals surface area contributed by atoms with Gasteiger partial charge in [-0.25, -0.2) is 9.18 Å². The second kappa shape index (κ2) is 9.19. The first-order chi connectivity index (χ1) is 12.3. The topological polar surface area (TPSA) is 66.0 Å². The minimum atomic E-state index is -0.535. The molecule has 0 bridgehead atoms. The SMILES string of the molecule is COCCOCOc1cc(F)c2c(c1)CC(CNC(=O)OC(C)(C)C)C2. The largest absolute Gasteiger partial charge is 0.467 e. The first-order valence-corrected chi connectivity index (χ1v) is 8.76. The van der Waals surface area contributed by atoms with Crippen LogP contribution in [0, 0.1) is 11.7 Å². The zero-order valence-corrected chi connectivity index (χ0v) is 15.9. The van der Waals surface area contributed by atoms with Crippen molar-refractivity contribution in [2.45, 2.75) is 39.2 Å². The third-order valence-corrected chi connectivity index (χ3v) is 3.94. The Morgan fingerprint density at radius 2 is 2.04 bits per heavy atom. The van der Waals surface area contributed by atoms with Crippen LogP contribution in [-0.4, -0.2) is 45.4 Å². The number of methoxy groups -OCH3 is 1. The number of nitrogens with one attached hydrogen (secondary N) is 1. The molecule has 0 fully saturated rings. The summed E-state index contributed by atoms with van der Waals surface area (Å²) in [7, 11) is 1.59. The van der Waals surface area contributed by atoms with Crippen molar-refractivity contribution in [2.24, 2.45) is 5.92 Å². The second-order valence-corrected chi connectivity index (χ2v) is 7.36. The number of carbonyl (C=O) groups excluding carboxylic acids is 1. The average Bonchev–Trinajstić information content (AvgIpc) is 2.95. The summed E-state index contributed by atoms with van der Waals surface area (Å²) in [4.78, 5) is 11.8. The molecule has 1 aliphatic rings. The Morgan fingerprint density at radius 1 is 1.27 bits per heavy atom. The standard InChI is InChI=1S/C19H28FNO5/c1-19(2,3)26-18(22)21-11-13-7-14-9-15(10-17(20)16(14)8-13)25-12-24-6-5-23-4/h9-10,13H,5-8,11-12H2,1-4H3,(H,21,22). The number of halogens is 1. The summed E-state index contributed by atoms with van der Waals surface area (Å²) in [5.74, 6) is 0.300. The maximum Gasteiger partial charge on any atom is 0.407 e. The van der Waals surface area contributed by atoms with Crippen molar-refractivity contribution in [2.75, 3.05) is 33.7 Å². The van der Waals surface area contributed by atoms with E-state index in [1.807, 2.05) is 26.8 Å². The number of fused-ring (bicyclic) bond motifs is 1. The summed E-state index contributed by atoms with van der Waals surface area (Å²) < 4.78 is 35.1. The van der Waals surface area contributed by atoms with Crippen molar-refractivity contribution < 1.29 is 28.1 Å². The fourth-order valence-corrected chi connectivity index (χ4v) is 2.83. The van der Waals surface area contributed by atoms with Gasteiger partial charge in [-0.3, -0.25) is 0 Å². The lowest BCUT2D eigenvalue weighted by Crippen LogP contribution is -2.35. The lowest BCUT2D eigenvalue weighted by Gasteiger charge is -2.20. The van der Waals surface area contributed by atoms with E-state index in [9.17, 15) is 9.18 Å². The number of hydrogen-bond acceptors (Lipinski definition) is 5. The number of benzene rings is 1. The molecule has 6 nitrogen and oxygen atoms in total. The maximum atomic E-state index is 14.3. The van der Waals surface area contributed by atoms with Crippen LogP contribution in [0.15, 0.2) is 12.1 Å². The van der Waals surface area contributed by atoms with Crippen molar-refractivity contribution >= 4 is 6.09 Å². The van der Waals surface area contributed by atoms with Gasteiger partial charge < -0.3 is 24.3 Å². The lowest BCUT2D eigenvalue weighted by atomic mass is 10.1. The molecular weight excluding hydrogens is 341 g/mol. The average molecular weight is 369 g/mol. The van der Waals surface area contributed by atoms with Gasteiger partial charge in [-0.2, -0.15) is 0 Å². The molecule has 0 saturated carbocycles. The van der Waals surface area contributed by atoms with Gasteiger partial charge in [0.25, 0.3) is 0 Å². The Kier molecular flexibility index (Phi) is 7.23. The molecule has 0 aliphatic heterocycles. The summed E-state index contributed by atoms with van der Waals surface area (Å²) in [5.41, 5.74) is 1.06. The van der Waals surface area contributed by atoms with Crippen LogP contribution < -0.4 is 10.1 Å². The first-order valence-electron chi connectivity index (χ1n) is 8.76. The van der Waals surface area contributed by atoms with Gasteiger partial charge in [0, 0.05) is 19.7 Å². The van der Waals surface area contributed by atoms with Crippen molar-refractivity contribution in [3.05, 3.63) is 29.1 Å². The maximum absolute atomic E-state index is 14.3. The molecule has 7 heteroatoms. The van der Waals surface area contributed by atoms with Crippen molar-refractivity contribution in [3.63, 3.8) is 0 Å². The molecule has 0 spiro atoms. The quantitative estimate of drug-likeness (QED) is 0.564. The van der Waals surface area contributed by atoms with Gasteiger partial charge in [0.1, 0.15) is 17.2 Å². The predicted molar refractivity (Wildman–Crippen MR) is 94.9 cm³/mol. The fourth-order valence-electron chi connectivity index (χ4n) is 2.83. The number of hydrogen-bond donors (Lipinski definition) is 1. The molecule has 2 rings (SSSR count). The van der Waals surface area contributed by atoms with Crippen molar-refractivity contribution in [1.29, 1.82) is 0 Å². The van der Waals surface area contributed by atoms with Crippen LogP contribution in [0.5, 0.6) is 5.75 Å². The molecule has 0 radical (unpaired) electrons. The molecule has 1 aromatic carbocycles. The monoisotopic (exact) mass is 369 g/mol. The van der Waals surface area contributed by atoms with E-state index in [4.69, 9.17) is 18.9 Å². The smallest absolute Gasteiger partial charge is 0.407 e. The van der Waals surface area contributed by atoms with Crippen LogP contribution in [0.4, 0.5) is 9.18 Å². The van der Waals surface area contributed by atoms with Gasteiger partial charge in [-0.05, 0) is 56.7 Å². The van der Waals surface area contributed by atoms with Crippen LogP contribution in [0.3, 0.4) is 0 Å². The third kappa shape index (κ3) is 6.46. The molecule has 1 N–H and O–H groups in total. The van der Waals surface area contributed by atoms with Gasteiger partial charge in [0.05, 0.1) is 13.2 Å². The van der Waals surface area contributed by atoms with E-state index >= 15 is 0 Å². The molecule has 1 aliphatic carbocycles. The lowest BCUT2D eigenvalue weighted by molar-refractivity contribution is -0.00861. The summed E-state index contributed by atoms with van der Waals surface area (Å²) >= 11 is 0. The highest BCUT2D eigenvalue weighted by molar-refractivity contribution is 5.67. The van der Waals surface area contributed by atoms with E-state index in [0.29, 0.717) is 43.9 Å². The first kappa shape index (κ1) is 20.5. The highest BCUT2D eigenvalue weighted by Gasteiger charge is 2.26. The molecule has 26 heavy (non-hydrogen) atoms. The summed E-state index contributed by atoms with van der Waals surface area (Å²) in [6, 6.07) is 3.22. The van der Waals surface area contributed by atoms with E-state index in [1.54, 1.807) is 7.11 Å². The normalized spacial score (nSPS) is 16.3. The minimum absolute atomic E-state index is 0.0468. The molecule has 1 aromatic rings. The van der Waals surface area contributed by atoms with Crippen LogP contribution in [0.25, 0.3) is 0 Å². The molecule has 146 valence electrons. The van der Waals surface area contributed by atoms with E-state index in [2.05, 4.69) is 5.32 Å². The van der Waals surface area contributed by atoms with E-state index < -0.39 is 11.7 Å². The summed E-state index contributed by atoms with van der Waals surface area (Å²) in [6.45, 7) is 6.83. The van der Waals surface area contributed by atoms with Crippen LogP contribution in [-0.2, 0) is 27.1 Å². The highest BCUT2D eigenvalue weighted by Crippen LogP contribution is 2.32. The molecule has 0 heterocycles. The Bertz CT molecular complexity index is 615. The van der Waals surface area contributed by atoms with E-state index in [-0.39, 0.29) is 18.5 Å². The molecule has 0 saturated heterocycles. The minimum Gasteiger partial charge on any atom is -0.467 e. The molecular formula is C19H28FNO5. The van der Waals surface area contributed by atoms with Crippen molar-refractivity contribution in [3.8, 4) is 5.75 Å². The number of carbonyl (C=O) groups is 1. The second-order valence-electron chi connectivity index (χ2n) is 7.36. The van der Waals surface area contributed by atoms with Gasteiger partial charge in [-0.1, -0.05) is 0 Å². The number of rotatable bonds is 8. The van der Waals surface area contributed by atoms with E-state index in [1.165, 1.54) is 6.07 Å². The van der Waals surface area contributed by atoms with Gasteiger partial charge >= 0.3 is 6.09 Å². The Balaban J connectivity index is 1.83. The number of ether oxygens (including phenoxy) is 4. The summed E-state index contributed by atoms with van der Waals surface area (Å²) in [6.07, 6.45) is 0.817. The van der Waals surface area contributed by atoms with Crippen LogP contribution in [0.1, 0.15) is 31.9 Å². The third-order valence-electron chi connectivity index (χ3n) is 3.94. The summed E-state index contributed by atoms with van der Waals surface area (Å²) in [5, 5.41) is 2.76. The van der Waals surface area contributed by atoms with E-state index in [0.717, 1.165) is 5.56 Å². The molecule has 0 aromatic heterocycles.